The SMILES string of the molecule is CN(C)CCCNc1nc(CN(C)C(=O)C=Cc2ccccc2)nc2ccccc12. The lowest BCUT2D eigenvalue weighted by Gasteiger charge is -2.16. The van der Waals surface area contributed by atoms with Crippen molar-refractivity contribution in [2.24, 2.45) is 0 Å². The molecule has 1 heterocycles. The van der Waals surface area contributed by atoms with Crippen molar-refractivity contribution in [1.82, 2.24) is 19.8 Å². The van der Waals surface area contributed by atoms with Gasteiger partial charge in [0.2, 0.25) is 5.91 Å². The number of para-hydroxylation sites is 1. The number of anilines is 1. The maximum atomic E-state index is 12.5. The fourth-order valence-corrected chi connectivity index (χ4v) is 3.08. The number of aromatic nitrogens is 2. The zero-order chi connectivity index (χ0) is 21.3. The Balaban J connectivity index is 1.71. The van der Waals surface area contributed by atoms with Crippen molar-refractivity contribution < 1.29 is 4.79 Å². The molecule has 0 spiro atoms. The van der Waals surface area contributed by atoms with Gasteiger partial charge in [-0.2, -0.15) is 0 Å². The normalized spacial score (nSPS) is 11.3. The van der Waals surface area contributed by atoms with E-state index in [1.165, 1.54) is 0 Å². The summed E-state index contributed by atoms with van der Waals surface area (Å²) in [6, 6.07) is 17.7. The molecule has 30 heavy (non-hydrogen) atoms. The number of benzene rings is 2. The second-order valence-corrected chi connectivity index (χ2v) is 7.53. The van der Waals surface area contributed by atoms with Crippen molar-refractivity contribution in [1.29, 1.82) is 0 Å². The van der Waals surface area contributed by atoms with Crippen molar-refractivity contribution in [2.45, 2.75) is 13.0 Å². The molecule has 0 radical (unpaired) electrons. The van der Waals surface area contributed by atoms with Gasteiger partial charge in [0.15, 0.2) is 5.82 Å². The van der Waals surface area contributed by atoms with Crippen LogP contribution in [0.1, 0.15) is 17.8 Å². The minimum atomic E-state index is -0.0869. The van der Waals surface area contributed by atoms with Crippen LogP contribution in [0.5, 0.6) is 0 Å². The molecule has 0 aliphatic heterocycles. The zero-order valence-electron chi connectivity index (χ0n) is 17.9. The molecule has 1 N–H and O–H groups in total. The van der Waals surface area contributed by atoms with Crippen molar-refractivity contribution >= 4 is 28.7 Å². The number of amides is 1. The molecule has 0 fully saturated rings. The third-order valence-corrected chi connectivity index (χ3v) is 4.70. The fourth-order valence-electron chi connectivity index (χ4n) is 3.08. The Hall–Kier alpha value is -3.25. The first-order valence-electron chi connectivity index (χ1n) is 10.2. The second-order valence-electron chi connectivity index (χ2n) is 7.53. The third kappa shape index (κ3) is 6.12. The van der Waals surface area contributed by atoms with Crippen molar-refractivity contribution in [3.05, 3.63) is 72.1 Å². The Labute approximate surface area is 178 Å². The molecule has 6 heteroatoms. The monoisotopic (exact) mass is 403 g/mol. The Kier molecular flexibility index (Phi) is 7.51. The molecule has 0 saturated heterocycles. The molecule has 156 valence electrons. The van der Waals surface area contributed by atoms with Gasteiger partial charge in [-0.15, -0.1) is 0 Å². The van der Waals surface area contributed by atoms with Gasteiger partial charge in [-0.1, -0.05) is 42.5 Å². The lowest BCUT2D eigenvalue weighted by molar-refractivity contribution is -0.125. The first-order valence-corrected chi connectivity index (χ1v) is 10.2. The highest BCUT2D eigenvalue weighted by atomic mass is 16.2. The Bertz CT molecular complexity index is 1000. The number of likely N-dealkylation sites (N-methyl/N-ethyl adjacent to an activating group) is 1. The first-order chi connectivity index (χ1) is 14.5. The van der Waals surface area contributed by atoms with E-state index < -0.39 is 0 Å². The largest absolute Gasteiger partial charge is 0.369 e. The van der Waals surface area contributed by atoms with Crippen LogP contribution in [-0.4, -0.2) is 59.9 Å². The van der Waals surface area contributed by atoms with Crippen molar-refractivity contribution in [3.8, 4) is 0 Å². The number of carbonyl (C=O) groups is 1. The lowest BCUT2D eigenvalue weighted by atomic mass is 10.2. The summed E-state index contributed by atoms with van der Waals surface area (Å²) in [5.41, 5.74) is 1.86. The number of hydrogen-bond acceptors (Lipinski definition) is 5. The second kappa shape index (κ2) is 10.5. The molecule has 0 atom stereocenters. The van der Waals surface area contributed by atoms with Gasteiger partial charge in [0, 0.05) is 25.1 Å². The van der Waals surface area contributed by atoms with Crippen LogP contribution >= 0.6 is 0 Å². The number of nitrogens with zero attached hydrogens (tertiary/aromatic N) is 4. The minimum Gasteiger partial charge on any atom is -0.369 e. The molecular weight excluding hydrogens is 374 g/mol. The van der Waals surface area contributed by atoms with Gasteiger partial charge in [-0.05, 0) is 50.8 Å². The summed E-state index contributed by atoms with van der Waals surface area (Å²) >= 11 is 0. The molecule has 0 unspecified atom stereocenters. The molecule has 0 saturated carbocycles. The van der Waals surface area contributed by atoms with Gasteiger partial charge in [0.25, 0.3) is 0 Å². The quantitative estimate of drug-likeness (QED) is 0.436. The van der Waals surface area contributed by atoms with Crippen LogP contribution in [0.15, 0.2) is 60.7 Å². The number of fused-ring (bicyclic) bond motifs is 1. The molecule has 1 aromatic heterocycles. The predicted molar refractivity (Wildman–Crippen MR) is 123 cm³/mol. The Morgan fingerprint density at radius 2 is 1.73 bits per heavy atom. The third-order valence-electron chi connectivity index (χ3n) is 4.70. The van der Waals surface area contributed by atoms with Gasteiger partial charge in [-0.3, -0.25) is 4.79 Å². The molecule has 1 amide bonds. The summed E-state index contributed by atoms with van der Waals surface area (Å²) in [6.07, 6.45) is 4.41. The van der Waals surface area contributed by atoms with Crippen LogP contribution in [0.25, 0.3) is 17.0 Å². The van der Waals surface area contributed by atoms with Crippen LogP contribution in [0, 0.1) is 0 Å². The topological polar surface area (TPSA) is 61.4 Å². The maximum absolute atomic E-state index is 12.5. The van der Waals surface area contributed by atoms with Crippen LogP contribution < -0.4 is 5.32 Å². The molecule has 6 nitrogen and oxygen atoms in total. The number of rotatable bonds is 9. The summed E-state index contributed by atoms with van der Waals surface area (Å²) in [5.74, 6) is 1.35. The summed E-state index contributed by atoms with van der Waals surface area (Å²) in [7, 11) is 5.90. The maximum Gasteiger partial charge on any atom is 0.246 e. The fraction of sp³-hybridized carbons (Fsp3) is 0.292. The van der Waals surface area contributed by atoms with E-state index in [1.54, 1.807) is 18.0 Å². The molecule has 3 aromatic rings. The smallest absolute Gasteiger partial charge is 0.246 e. The molecule has 3 rings (SSSR count). The zero-order valence-corrected chi connectivity index (χ0v) is 17.9. The van der Waals surface area contributed by atoms with Crippen LogP contribution in [0.2, 0.25) is 0 Å². The molecular formula is C24H29N5O. The number of nitrogens with one attached hydrogen (secondary N) is 1. The average Bonchev–Trinajstić information content (AvgIpc) is 2.75. The van der Waals surface area contributed by atoms with E-state index in [-0.39, 0.29) is 5.91 Å². The van der Waals surface area contributed by atoms with Crippen LogP contribution in [0.3, 0.4) is 0 Å². The highest BCUT2D eigenvalue weighted by molar-refractivity contribution is 5.92. The van der Waals surface area contributed by atoms with Gasteiger partial charge >= 0.3 is 0 Å². The highest BCUT2D eigenvalue weighted by Gasteiger charge is 2.12. The van der Waals surface area contributed by atoms with E-state index >= 15 is 0 Å². The number of carbonyl (C=O) groups excluding carboxylic acids is 1. The Morgan fingerprint density at radius 3 is 2.50 bits per heavy atom. The van der Waals surface area contributed by atoms with Gasteiger partial charge in [0.1, 0.15) is 5.82 Å². The van der Waals surface area contributed by atoms with E-state index in [2.05, 4.69) is 29.3 Å². The van der Waals surface area contributed by atoms with E-state index in [1.807, 2.05) is 60.7 Å². The van der Waals surface area contributed by atoms with E-state index in [9.17, 15) is 4.79 Å². The average molecular weight is 404 g/mol. The first kappa shape index (κ1) is 21.5. The van der Waals surface area contributed by atoms with E-state index in [0.29, 0.717) is 12.4 Å². The van der Waals surface area contributed by atoms with Gasteiger partial charge < -0.3 is 15.1 Å². The summed E-state index contributed by atoms with van der Waals surface area (Å²) < 4.78 is 0. The lowest BCUT2D eigenvalue weighted by Crippen LogP contribution is -2.25. The molecule has 2 aromatic carbocycles. The van der Waals surface area contributed by atoms with Gasteiger partial charge in [0.05, 0.1) is 12.1 Å². The molecule has 0 bridgehead atoms. The van der Waals surface area contributed by atoms with E-state index in [4.69, 9.17) is 4.98 Å². The van der Waals surface area contributed by atoms with Crippen LogP contribution in [-0.2, 0) is 11.3 Å². The summed E-state index contributed by atoms with van der Waals surface area (Å²) in [5, 5.41) is 4.43. The summed E-state index contributed by atoms with van der Waals surface area (Å²) in [6.45, 7) is 2.18. The summed E-state index contributed by atoms with van der Waals surface area (Å²) in [4.78, 5) is 25.7. The Morgan fingerprint density at radius 1 is 1.00 bits per heavy atom. The van der Waals surface area contributed by atoms with Crippen molar-refractivity contribution in [2.75, 3.05) is 39.5 Å². The van der Waals surface area contributed by atoms with Crippen LogP contribution in [0.4, 0.5) is 5.82 Å². The number of hydrogen-bond donors (Lipinski definition) is 1. The molecule has 0 aliphatic carbocycles. The minimum absolute atomic E-state index is 0.0869. The van der Waals surface area contributed by atoms with Crippen molar-refractivity contribution in [3.63, 3.8) is 0 Å². The predicted octanol–water partition coefficient (Wildman–Crippen LogP) is 3.67. The standard InChI is InChI=1S/C24H29N5O/c1-28(2)17-9-16-25-24-20-12-7-8-13-21(20)26-22(27-24)18-29(3)23(30)15-14-19-10-5-4-6-11-19/h4-8,10-15H,9,16-18H2,1-3H3,(H,25,26,27). The van der Waals surface area contributed by atoms with Gasteiger partial charge in [-0.25, -0.2) is 9.97 Å². The molecule has 0 aliphatic rings. The van der Waals surface area contributed by atoms with E-state index in [0.717, 1.165) is 41.8 Å². The highest BCUT2D eigenvalue weighted by Crippen LogP contribution is 2.20.